The summed E-state index contributed by atoms with van der Waals surface area (Å²) in [7, 11) is 0. The summed E-state index contributed by atoms with van der Waals surface area (Å²) < 4.78 is 2.26. The number of aromatic hydroxyl groups is 1. The zero-order valence-electron chi connectivity index (χ0n) is 16.8. The van der Waals surface area contributed by atoms with E-state index in [1.807, 2.05) is 42.2 Å². The first kappa shape index (κ1) is 18.3. The first-order valence-corrected chi connectivity index (χ1v) is 10.8. The molecule has 2 aliphatic heterocycles. The molecule has 1 aromatic carbocycles. The molecule has 148 valence electrons. The standard InChI is InChI=1S/C23H24N4OS/c1-14-12-19(16(3)27(14)17-7-9-18(28)10-8-17)22-21(20-6-4-5-11-24-20)25-23-26(22)13-15(2)29-23/h4-12,15,21-22,28H,13H2,1-3H3/t15-,21-,22-/m0/s1. The Balaban J connectivity index is 1.62. The molecule has 0 saturated carbocycles. The minimum atomic E-state index is -0.0000298. The maximum atomic E-state index is 9.67. The first-order chi connectivity index (χ1) is 14.0. The third-order valence-electron chi connectivity index (χ3n) is 5.78. The Hall–Kier alpha value is -2.73. The average molecular weight is 405 g/mol. The number of hydrogen-bond acceptors (Lipinski definition) is 5. The van der Waals surface area contributed by atoms with E-state index in [9.17, 15) is 5.11 Å². The van der Waals surface area contributed by atoms with Crippen LogP contribution in [0.4, 0.5) is 0 Å². The first-order valence-electron chi connectivity index (χ1n) is 9.93. The second kappa shape index (κ2) is 6.95. The van der Waals surface area contributed by atoms with Gasteiger partial charge in [0.05, 0.1) is 11.7 Å². The van der Waals surface area contributed by atoms with Crippen molar-refractivity contribution in [1.82, 2.24) is 14.5 Å². The van der Waals surface area contributed by atoms with Gasteiger partial charge in [-0.15, -0.1) is 0 Å². The van der Waals surface area contributed by atoms with Crippen molar-refractivity contribution in [3.05, 3.63) is 77.4 Å². The monoisotopic (exact) mass is 404 g/mol. The van der Waals surface area contributed by atoms with Gasteiger partial charge in [-0.2, -0.15) is 0 Å². The van der Waals surface area contributed by atoms with Crippen molar-refractivity contribution in [2.45, 2.75) is 38.1 Å². The van der Waals surface area contributed by atoms with Gasteiger partial charge in [-0.3, -0.25) is 9.98 Å². The highest BCUT2D eigenvalue weighted by Gasteiger charge is 2.44. The fraction of sp³-hybridized carbons (Fsp3) is 0.304. The zero-order chi connectivity index (χ0) is 20.1. The number of thioether (sulfide) groups is 1. The molecule has 0 amide bonds. The van der Waals surface area contributed by atoms with Crippen LogP contribution in [0.1, 0.15) is 41.7 Å². The second-order valence-electron chi connectivity index (χ2n) is 7.82. The van der Waals surface area contributed by atoms with Crippen LogP contribution in [0.25, 0.3) is 5.69 Å². The van der Waals surface area contributed by atoms with Crippen LogP contribution in [-0.2, 0) is 0 Å². The van der Waals surface area contributed by atoms with Crippen molar-refractivity contribution < 1.29 is 5.11 Å². The van der Waals surface area contributed by atoms with Crippen LogP contribution >= 0.6 is 11.8 Å². The lowest BCUT2D eigenvalue weighted by molar-refractivity contribution is 0.320. The Morgan fingerprint density at radius 1 is 1.10 bits per heavy atom. The normalized spacial score (nSPS) is 23.3. The van der Waals surface area contributed by atoms with Crippen molar-refractivity contribution in [3.63, 3.8) is 0 Å². The van der Waals surface area contributed by atoms with E-state index in [1.165, 1.54) is 17.0 Å². The largest absolute Gasteiger partial charge is 0.508 e. The van der Waals surface area contributed by atoms with Gasteiger partial charge in [-0.25, -0.2) is 0 Å². The van der Waals surface area contributed by atoms with Crippen LogP contribution < -0.4 is 0 Å². The number of rotatable bonds is 3. The number of nitrogens with zero attached hydrogens (tertiary/aromatic N) is 4. The average Bonchev–Trinajstić information content (AvgIpc) is 3.33. The summed E-state index contributed by atoms with van der Waals surface area (Å²) in [6.45, 7) is 7.57. The van der Waals surface area contributed by atoms with Crippen LogP contribution in [0.2, 0.25) is 0 Å². The Labute approximate surface area is 175 Å². The molecule has 2 aliphatic rings. The summed E-state index contributed by atoms with van der Waals surface area (Å²) in [6, 6.07) is 15.9. The second-order valence-corrected chi connectivity index (χ2v) is 9.22. The van der Waals surface area contributed by atoms with Gasteiger partial charge in [0.25, 0.3) is 0 Å². The molecule has 0 unspecified atom stereocenters. The summed E-state index contributed by atoms with van der Waals surface area (Å²) in [5.41, 5.74) is 5.75. The van der Waals surface area contributed by atoms with Gasteiger partial charge in [-0.05, 0) is 61.9 Å². The van der Waals surface area contributed by atoms with E-state index in [2.05, 4.69) is 47.4 Å². The lowest BCUT2D eigenvalue weighted by atomic mass is 9.96. The van der Waals surface area contributed by atoms with Gasteiger partial charge >= 0.3 is 0 Å². The van der Waals surface area contributed by atoms with Gasteiger partial charge in [0.15, 0.2) is 5.17 Å². The van der Waals surface area contributed by atoms with Crippen molar-refractivity contribution in [3.8, 4) is 11.4 Å². The molecule has 2 aromatic heterocycles. The van der Waals surface area contributed by atoms with E-state index in [1.54, 1.807) is 12.1 Å². The highest BCUT2D eigenvalue weighted by atomic mass is 32.2. The smallest absolute Gasteiger partial charge is 0.160 e. The molecule has 3 aromatic rings. The van der Waals surface area contributed by atoms with Gasteiger partial charge < -0.3 is 14.6 Å². The number of aliphatic imine (C=N–C) groups is 1. The number of amidine groups is 1. The topological polar surface area (TPSA) is 53.7 Å². The highest BCUT2D eigenvalue weighted by molar-refractivity contribution is 8.14. The molecule has 4 heterocycles. The molecule has 1 saturated heterocycles. The summed E-state index contributed by atoms with van der Waals surface area (Å²) in [5.74, 6) is 0.281. The third kappa shape index (κ3) is 3.02. The lowest BCUT2D eigenvalue weighted by Crippen LogP contribution is -2.28. The number of hydrogen-bond donors (Lipinski definition) is 1. The molecule has 29 heavy (non-hydrogen) atoms. The Kier molecular flexibility index (Phi) is 4.39. The maximum absolute atomic E-state index is 9.67. The molecule has 0 bridgehead atoms. The van der Waals surface area contributed by atoms with Gasteiger partial charge in [0.2, 0.25) is 0 Å². The minimum absolute atomic E-state index is 0.0000298. The third-order valence-corrected chi connectivity index (χ3v) is 6.88. The van der Waals surface area contributed by atoms with Gasteiger partial charge in [-0.1, -0.05) is 24.8 Å². The predicted molar refractivity (Wildman–Crippen MR) is 118 cm³/mol. The summed E-state index contributed by atoms with van der Waals surface area (Å²) in [6.07, 6.45) is 1.85. The van der Waals surface area contributed by atoms with Crippen LogP contribution in [0.5, 0.6) is 5.75 Å². The van der Waals surface area contributed by atoms with Gasteiger partial charge in [0, 0.05) is 35.1 Å². The molecular formula is C23H24N4OS. The molecule has 5 nitrogen and oxygen atoms in total. The Morgan fingerprint density at radius 2 is 1.90 bits per heavy atom. The zero-order valence-corrected chi connectivity index (χ0v) is 17.6. The molecule has 5 rings (SSSR count). The number of phenols is 1. The quantitative estimate of drug-likeness (QED) is 0.682. The Bertz CT molecular complexity index is 1070. The minimum Gasteiger partial charge on any atom is -0.508 e. The molecule has 0 aliphatic carbocycles. The molecule has 1 N–H and O–H groups in total. The van der Waals surface area contributed by atoms with E-state index in [0.29, 0.717) is 5.25 Å². The summed E-state index contributed by atoms with van der Waals surface area (Å²) >= 11 is 1.86. The fourth-order valence-electron chi connectivity index (χ4n) is 4.54. The van der Waals surface area contributed by atoms with E-state index < -0.39 is 0 Å². The van der Waals surface area contributed by atoms with Crippen molar-refractivity contribution in [2.24, 2.45) is 4.99 Å². The highest BCUT2D eigenvalue weighted by Crippen LogP contribution is 2.48. The maximum Gasteiger partial charge on any atom is 0.160 e. The predicted octanol–water partition coefficient (Wildman–Crippen LogP) is 4.78. The summed E-state index contributed by atoms with van der Waals surface area (Å²) in [4.78, 5) is 12.2. The van der Waals surface area contributed by atoms with E-state index in [4.69, 9.17) is 4.99 Å². The van der Waals surface area contributed by atoms with E-state index in [0.717, 1.165) is 23.1 Å². The van der Waals surface area contributed by atoms with Crippen molar-refractivity contribution in [1.29, 1.82) is 0 Å². The number of fused-ring (bicyclic) bond motifs is 1. The lowest BCUT2D eigenvalue weighted by Gasteiger charge is -2.27. The van der Waals surface area contributed by atoms with Crippen LogP contribution in [-0.4, -0.2) is 36.5 Å². The molecule has 6 heteroatoms. The molecule has 3 atom stereocenters. The number of pyridine rings is 1. The molecule has 0 radical (unpaired) electrons. The van der Waals surface area contributed by atoms with Crippen LogP contribution in [0, 0.1) is 13.8 Å². The summed E-state index contributed by atoms with van der Waals surface area (Å²) in [5, 5.41) is 11.3. The SMILES string of the molecule is Cc1cc([C@H]2[C@H](c3ccccn3)N=C3S[C@@H](C)CN32)c(C)n1-c1ccc(O)cc1. The molecule has 0 spiro atoms. The molecule has 1 fully saturated rings. The van der Waals surface area contributed by atoms with Crippen molar-refractivity contribution in [2.75, 3.05) is 6.54 Å². The number of aryl methyl sites for hydroxylation is 1. The van der Waals surface area contributed by atoms with E-state index in [-0.39, 0.29) is 17.8 Å². The number of benzene rings is 1. The Morgan fingerprint density at radius 3 is 2.62 bits per heavy atom. The van der Waals surface area contributed by atoms with Crippen LogP contribution in [0.3, 0.4) is 0 Å². The van der Waals surface area contributed by atoms with Gasteiger partial charge in [0.1, 0.15) is 11.8 Å². The number of aromatic nitrogens is 2. The molecular weight excluding hydrogens is 380 g/mol. The van der Waals surface area contributed by atoms with Crippen LogP contribution in [0.15, 0.2) is 59.7 Å². The van der Waals surface area contributed by atoms with Crippen molar-refractivity contribution >= 4 is 16.9 Å². The fourth-order valence-corrected chi connectivity index (χ4v) is 5.63. The van der Waals surface area contributed by atoms with E-state index >= 15 is 0 Å². The number of phenolic OH excluding ortho intramolecular Hbond substituents is 1.